The molecule has 1 heterocycles. The molecule has 0 N–H and O–H groups in total. The van der Waals surface area contributed by atoms with Crippen molar-refractivity contribution in [3.63, 3.8) is 0 Å². The average Bonchev–Trinajstić information content (AvgIpc) is 3.09. The number of halogens is 1. The van der Waals surface area contributed by atoms with Gasteiger partial charge >= 0.3 is 0 Å². The lowest BCUT2D eigenvalue weighted by molar-refractivity contribution is -0.385. The molecule has 0 saturated heterocycles. The quantitative estimate of drug-likeness (QED) is 0.232. The van der Waals surface area contributed by atoms with E-state index in [0.29, 0.717) is 39.4 Å². The fourth-order valence-corrected chi connectivity index (χ4v) is 3.62. The highest BCUT2D eigenvalue weighted by atomic mass is 32.1. The second kappa shape index (κ2) is 8.96. The lowest BCUT2D eigenvalue weighted by Gasteiger charge is -2.08. The van der Waals surface area contributed by atoms with Gasteiger partial charge in [-0.05, 0) is 32.9 Å². The third-order valence-electron chi connectivity index (χ3n) is 4.39. The summed E-state index contributed by atoms with van der Waals surface area (Å²) in [6.07, 6.45) is 0. The Morgan fingerprint density at radius 2 is 2.00 bits per heavy atom. The Bertz CT molecular complexity index is 1220. The first-order chi connectivity index (χ1) is 14.3. The molecule has 0 atom stereocenters. The van der Waals surface area contributed by atoms with Crippen molar-refractivity contribution in [1.29, 1.82) is 0 Å². The molecule has 3 rings (SSSR count). The molecule has 0 fully saturated rings. The average molecular weight is 425 g/mol. The van der Waals surface area contributed by atoms with E-state index in [-0.39, 0.29) is 11.5 Å². The van der Waals surface area contributed by atoms with Crippen LogP contribution in [0.4, 0.5) is 10.1 Å². The number of aryl methyl sites for hydroxylation is 1. The molecule has 0 amide bonds. The van der Waals surface area contributed by atoms with Gasteiger partial charge in [-0.3, -0.25) is 15.1 Å². The van der Waals surface area contributed by atoms with Crippen molar-refractivity contribution >= 4 is 22.7 Å². The first-order valence-electron chi connectivity index (χ1n) is 9.19. The summed E-state index contributed by atoms with van der Waals surface area (Å²) < 4.78 is 16.0. The number of nitro groups is 1. The Morgan fingerprint density at radius 1 is 1.27 bits per heavy atom. The molecule has 30 heavy (non-hydrogen) atoms. The van der Waals surface area contributed by atoms with Gasteiger partial charge in [0.15, 0.2) is 0 Å². The zero-order valence-corrected chi connectivity index (χ0v) is 17.7. The summed E-state index contributed by atoms with van der Waals surface area (Å²) in [6.45, 7) is 9.60. The summed E-state index contributed by atoms with van der Waals surface area (Å²) in [5.41, 5.74) is 3.60. The Kier molecular flexibility index (Phi) is 6.37. The fourth-order valence-electron chi connectivity index (χ4n) is 2.80. The lowest BCUT2D eigenvalue weighted by Crippen LogP contribution is -2.15. The number of aromatic nitrogens is 1. The third-order valence-corrected chi connectivity index (χ3v) is 5.25. The van der Waals surface area contributed by atoms with Gasteiger partial charge in [-0.15, -0.1) is 11.3 Å². The SMILES string of the molecule is C=C(C)CN=c1scc(-c2ccccc2F)n1N=C(C)c1ccc(C)c([N+](=O)[O-])c1. The van der Waals surface area contributed by atoms with Gasteiger partial charge in [0, 0.05) is 28.1 Å². The molecule has 0 aliphatic carbocycles. The van der Waals surface area contributed by atoms with E-state index in [4.69, 9.17) is 0 Å². The standard InChI is InChI=1S/C22H21FN4O2S/c1-14(2)12-24-22-26(21(13-30-22)18-7-5-6-8-19(18)23)25-16(4)17-10-9-15(3)20(11-17)27(28)29/h5-11,13H,1,12H2,2-4H3. The van der Waals surface area contributed by atoms with Gasteiger partial charge in [0.2, 0.25) is 4.80 Å². The van der Waals surface area contributed by atoms with E-state index >= 15 is 0 Å². The Hall–Kier alpha value is -3.39. The van der Waals surface area contributed by atoms with Crippen LogP contribution in [0.25, 0.3) is 11.3 Å². The summed E-state index contributed by atoms with van der Waals surface area (Å²) in [6, 6.07) is 11.4. The highest BCUT2D eigenvalue weighted by Crippen LogP contribution is 2.24. The number of hydrogen-bond donors (Lipinski definition) is 0. The summed E-state index contributed by atoms with van der Waals surface area (Å²) in [5.74, 6) is -0.366. The van der Waals surface area contributed by atoms with Crippen molar-refractivity contribution in [3.05, 3.63) is 91.9 Å². The minimum absolute atomic E-state index is 0.0267. The fraction of sp³-hybridized carbons (Fsp3) is 0.182. The molecule has 0 saturated carbocycles. The van der Waals surface area contributed by atoms with Gasteiger partial charge in [-0.25, -0.2) is 9.07 Å². The smallest absolute Gasteiger partial charge is 0.258 e. The van der Waals surface area contributed by atoms with Crippen molar-refractivity contribution in [2.75, 3.05) is 6.54 Å². The molecule has 2 aromatic carbocycles. The van der Waals surface area contributed by atoms with Gasteiger partial charge in [-0.1, -0.05) is 36.4 Å². The molecular weight excluding hydrogens is 403 g/mol. The van der Waals surface area contributed by atoms with Crippen molar-refractivity contribution in [2.45, 2.75) is 20.8 Å². The van der Waals surface area contributed by atoms with Crippen LogP contribution < -0.4 is 4.80 Å². The normalized spacial score (nSPS) is 12.3. The predicted octanol–water partition coefficient (Wildman–Crippen LogP) is 5.32. The van der Waals surface area contributed by atoms with E-state index in [2.05, 4.69) is 16.7 Å². The highest BCUT2D eigenvalue weighted by Gasteiger charge is 2.15. The largest absolute Gasteiger partial charge is 0.272 e. The monoisotopic (exact) mass is 424 g/mol. The first-order valence-corrected chi connectivity index (χ1v) is 10.1. The van der Waals surface area contributed by atoms with Crippen LogP contribution in [0.15, 0.2) is 70.1 Å². The van der Waals surface area contributed by atoms with Crippen LogP contribution in [0.3, 0.4) is 0 Å². The second-order valence-electron chi connectivity index (χ2n) is 6.91. The van der Waals surface area contributed by atoms with E-state index in [1.807, 2.05) is 6.92 Å². The van der Waals surface area contributed by atoms with Crippen LogP contribution in [0, 0.1) is 22.9 Å². The summed E-state index contributed by atoms with van der Waals surface area (Å²) >= 11 is 1.34. The number of rotatable bonds is 6. The van der Waals surface area contributed by atoms with Crippen LogP contribution in [0.5, 0.6) is 0 Å². The maximum atomic E-state index is 14.4. The maximum absolute atomic E-state index is 14.4. The Labute approximate surface area is 177 Å². The minimum Gasteiger partial charge on any atom is -0.258 e. The number of hydrogen-bond acceptors (Lipinski definition) is 5. The molecule has 0 radical (unpaired) electrons. The van der Waals surface area contributed by atoms with Crippen LogP contribution in [0.1, 0.15) is 25.0 Å². The Balaban J connectivity index is 2.18. The second-order valence-corrected chi connectivity index (χ2v) is 7.75. The van der Waals surface area contributed by atoms with Gasteiger partial charge < -0.3 is 0 Å². The first kappa shape index (κ1) is 21.3. The molecule has 1 aromatic heterocycles. The highest BCUT2D eigenvalue weighted by molar-refractivity contribution is 7.07. The molecule has 0 bridgehead atoms. The molecule has 8 heteroatoms. The van der Waals surface area contributed by atoms with Crippen LogP contribution >= 0.6 is 11.3 Å². The van der Waals surface area contributed by atoms with Crippen molar-refractivity contribution < 1.29 is 9.31 Å². The maximum Gasteiger partial charge on any atom is 0.272 e. The van der Waals surface area contributed by atoms with E-state index < -0.39 is 4.92 Å². The van der Waals surface area contributed by atoms with Crippen LogP contribution in [-0.4, -0.2) is 21.9 Å². The minimum atomic E-state index is -0.414. The molecule has 0 aliphatic heterocycles. The predicted molar refractivity (Wildman–Crippen MR) is 118 cm³/mol. The molecule has 154 valence electrons. The summed E-state index contributed by atoms with van der Waals surface area (Å²) in [5, 5.41) is 17.7. The molecule has 0 spiro atoms. The van der Waals surface area contributed by atoms with E-state index in [9.17, 15) is 14.5 Å². The number of nitrogens with zero attached hydrogens (tertiary/aromatic N) is 4. The van der Waals surface area contributed by atoms with Crippen LogP contribution in [0.2, 0.25) is 0 Å². The van der Waals surface area contributed by atoms with E-state index in [0.717, 1.165) is 5.57 Å². The van der Waals surface area contributed by atoms with E-state index in [1.165, 1.54) is 23.5 Å². The van der Waals surface area contributed by atoms with Crippen molar-refractivity contribution in [3.8, 4) is 11.3 Å². The number of thiazole rings is 1. The molecule has 0 aliphatic rings. The zero-order chi connectivity index (χ0) is 21.8. The number of nitro benzene ring substituents is 1. The summed E-state index contributed by atoms with van der Waals surface area (Å²) in [7, 11) is 0. The zero-order valence-electron chi connectivity index (χ0n) is 16.9. The van der Waals surface area contributed by atoms with Gasteiger partial charge in [0.25, 0.3) is 5.69 Å². The molecule has 3 aromatic rings. The lowest BCUT2D eigenvalue weighted by atomic mass is 10.1. The van der Waals surface area contributed by atoms with Gasteiger partial charge in [0.05, 0.1) is 22.9 Å². The topological polar surface area (TPSA) is 72.8 Å². The molecular formula is C22H21FN4O2S. The van der Waals surface area contributed by atoms with Gasteiger partial charge in [0.1, 0.15) is 5.82 Å². The van der Waals surface area contributed by atoms with E-state index in [1.54, 1.807) is 54.2 Å². The van der Waals surface area contributed by atoms with Gasteiger partial charge in [-0.2, -0.15) is 5.10 Å². The number of benzene rings is 2. The third kappa shape index (κ3) is 4.60. The van der Waals surface area contributed by atoms with Crippen molar-refractivity contribution in [2.24, 2.45) is 10.1 Å². The molecule has 6 nitrogen and oxygen atoms in total. The summed E-state index contributed by atoms with van der Waals surface area (Å²) in [4.78, 5) is 16.0. The Morgan fingerprint density at radius 3 is 2.67 bits per heavy atom. The van der Waals surface area contributed by atoms with Crippen molar-refractivity contribution in [1.82, 2.24) is 4.68 Å². The van der Waals surface area contributed by atoms with Crippen LogP contribution in [-0.2, 0) is 0 Å². The molecule has 0 unspecified atom stereocenters.